The van der Waals surface area contributed by atoms with Crippen LogP contribution in [0.1, 0.15) is 35.1 Å². The molecular formula is C73H48N4. The van der Waals surface area contributed by atoms with Crippen LogP contribution in [0, 0.1) is 0 Å². The highest BCUT2D eigenvalue weighted by Gasteiger charge is 2.53. The molecule has 4 nitrogen and oxygen atoms in total. The van der Waals surface area contributed by atoms with Crippen LogP contribution >= 0.6 is 0 Å². The number of fused-ring (bicyclic) bond motifs is 18. The Balaban J connectivity index is 0.960. The summed E-state index contributed by atoms with van der Waals surface area (Å²) >= 11 is 0. The molecule has 360 valence electrons. The lowest BCUT2D eigenvalue weighted by atomic mass is 9.69. The van der Waals surface area contributed by atoms with Gasteiger partial charge in [-0.15, -0.1) is 0 Å². The van der Waals surface area contributed by atoms with E-state index < -0.39 is 5.41 Å². The molecule has 3 aromatic heterocycles. The Morgan fingerprint density at radius 1 is 0.338 bits per heavy atom. The minimum atomic E-state index is -0.447. The normalized spacial score (nSPS) is 14.1. The van der Waals surface area contributed by atoms with Crippen LogP contribution in [0.5, 0.6) is 0 Å². The Morgan fingerprint density at radius 3 is 1.34 bits per heavy atom. The van der Waals surface area contributed by atoms with Crippen molar-refractivity contribution in [1.82, 2.24) is 13.7 Å². The molecule has 14 aromatic rings. The molecule has 17 rings (SSSR count). The fourth-order valence-electron chi connectivity index (χ4n) is 14.3. The molecule has 3 aliphatic carbocycles. The Morgan fingerprint density at radius 2 is 0.779 bits per heavy atom. The predicted molar refractivity (Wildman–Crippen MR) is 321 cm³/mol. The van der Waals surface area contributed by atoms with Gasteiger partial charge < -0.3 is 18.6 Å². The van der Waals surface area contributed by atoms with Crippen molar-refractivity contribution in [2.45, 2.75) is 18.3 Å². The van der Waals surface area contributed by atoms with Gasteiger partial charge in [0.2, 0.25) is 0 Å². The molecule has 0 N–H and O–H groups in total. The van der Waals surface area contributed by atoms with Crippen LogP contribution in [0.2, 0.25) is 0 Å². The maximum atomic E-state index is 2.58. The number of rotatable bonds is 6. The van der Waals surface area contributed by atoms with Crippen molar-refractivity contribution in [3.05, 3.63) is 295 Å². The van der Waals surface area contributed by atoms with E-state index in [1.54, 1.807) is 0 Å². The lowest BCUT2D eigenvalue weighted by Gasteiger charge is -2.33. The average molecular weight is 981 g/mol. The second-order valence-corrected chi connectivity index (χ2v) is 21.0. The fraction of sp³-hybridized carbons (Fsp3) is 0.0411. The van der Waals surface area contributed by atoms with E-state index in [1.807, 2.05) is 0 Å². The molecule has 0 fully saturated rings. The van der Waals surface area contributed by atoms with Crippen molar-refractivity contribution >= 4 is 88.1 Å². The van der Waals surface area contributed by atoms with Gasteiger partial charge in [-0.1, -0.05) is 182 Å². The van der Waals surface area contributed by atoms with Crippen LogP contribution in [-0.2, 0) is 5.41 Å². The Labute approximate surface area is 445 Å². The van der Waals surface area contributed by atoms with Crippen LogP contribution in [0.25, 0.3) is 99.2 Å². The second kappa shape index (κ2) is 16.1. The van der Waals surface area contributed by atoms with Gasteiger partial charge >= 0.3 is 0 Å². The van der Waals surface area contributed by atoms with Crippen molar-refractivity contribution in [1.29, 1.82) is 0 Å². The zero-order chi connectivity index (χ0) is 50.3. The molecule has 0 amide bonds. The van der Waals surface area contributed by atoms with Crippen molar-refractivity contribution in [2.24, 2.45) is 0 Å². The standard InChI is InChI=1S/C73H48N4/c1-3-20-47(21-4-1)75-65-34-16-10-26-54(65)57-41-38-49(44-69(57)75)74(68-37-19-33-64-72(68)60-29-9-15-32-63(60)73(64)61-30-13-7-24-52(61)53-25-8-14-31-62(53)73)50-39-42-59-56-28-12-18-36-67(56)77(71(59)45-50)51-40-43-58-55-27-11-17-35-66(55)76(70(58)46-51)48-22-5-2-6-23-48/h1-8,10-28,30-46H,9,29H2. The summed E-state index contributed by atoms with van der Waals surface area (Å²) in [5, 5.41) is 7.39. The first kappa shape index (κ1) is 42.5. The molecule has 0 bridgehead atoms. The van der Waals surface area contributed by atoms with Crippen LogP contribution in [0.3, 0.4) is 0 Å². The molecule has 77 heavy (non-hydrogen) atoms. The van der Waals surface area contributed by atoms with E-state index >= 15 is 0 Å². The summed E-state index contributed by atoms with van der Waals surface area (Å²) in [5.74, 6) is 0. The minimum Gasteiger partial charge on any atom is -0.310 e. The smallest absolute Gasteiger partial charge is 0.0722 e. The summed E-state index contributed by atoms with van der Waals surface area (Å²) in [6.07, 6.45) is 6.84. The predicted octanol–water partition coefficient (Wildman–Crippen LogP) is 18.9. The number of para-hydroxylation sites is 5. The quantitative estimate of drug-likeness (QED) is 0.162. The van der Waals surface area contributed by atoms with E-state index in [4.69, 9.17) is 0 Å². The third-order valence-corrected chi connectivity index (χ3v) is 17.3. The zero-order valence-electron chi connectivity index (χ0n) is 42.1. The molecule has 0 unspecified atom stereocenters. The highest BCUT2D eigenvalue weighted by Crippen LogP contribution is 2.65. The first-order valence-electron chi connectivity index (χ1n) is 27.0. The van der Waals surface area contributed by atoms with Crippen molar-refractivity contribution in [3.8, 4) is 28.2 Å². The molecule has 0 saturated carbocycles. The topological polar surface area (TPSA) is 18.0 Å². The third-order valence-electron chi connectivity index (χ3n) is 17.3. The van der Waals surface area contributed by atoms with Crippen LogP contribution < -0.4 is 4.90 Å². The number of benzene rings is 11. The van der Waals surface area contributed by atoms with E-state index in [0.717, 1.165) is 46.8 Å². The summed E-state index contributed by atoms with van der Waals surface area (Å²) in [6.45, 7) is 0. The molecule has 0 radical (unpaired) electrons. The van der Waals surface area contributed by atoms with Crippen LogP contribution in [-0.4, -0.2) is 13.7 Å². The Hall–Kier alpha value is -9.90. The summed E-state index contributed by atoms with van der Waals surface area (Å²) in [7, 11) is 0. The van der Waals surface area contributed by atoms with Crippen molar-refractivity contribution < 1.29 is 0 Å². The fourth-order valence-corrected chi connectivity index (χ4v) is 14.3. The molecule has 1 spiro atoms. The number of hydrogen-bond acceptors (Lipinski definition) is 1. The van der Waals surface area contributed by atoms with E-state index in [1.165, 1.54) is 110 Å². The summed E-state index contributed by atoms with van der Waals surface area (Å²) in [5.41, 5.74) is 24.3. The molecule has 3 aliphatic rings. The van der Waals surface area contributed by atoms with Crippen LogP contribution in [0.15, 0.2) is 273 Å². The molecule has 4 heteroatoms. The maximum Gasteiger partial charge on any atom is 0.0722 e. The van der Waals surface area contributed by atoms with Gasteiger partial charge in [-0.05, 0) is 137 Å². The van der Waals surface area contributed by atoms with Gasteiger partial charge in [0, 0.05) is 66.3 Å². The van der Waals surface area contributed by atoms with E-state index in [9.17, 15) is 0 Å². The molecule has 0 atom stereocenters. The average Bonchev–Trinajstić information content (AvgIpc) is 4.43. The zero-order valence-corrected chi connectivity index (χ0v) is 42.1. The lowest BCUT2D eigenvalue weighted by molar-refractivity contribution is 0.780. The minimum absolute atomic E-state index is 0.447. The summed E-state index contributed by atoms with van der Waals surface area (Å²) < 4.78 is 7.37. The molecule has 0 saturated heterocycles. The molecule has 11 aromatic carbocycles. The molecule has 0 aliphatic heterocycles. The van der Waals surface area contributed by atoms with E-state index in [-0.39, 0.29) is 0 Å². The lowest BCUT2D eigenvalue weighted by Crippen LogP contribution is -2.27. The van der Waals surface area contributed by atoms with Gasteiger partial charge in [-0.25, -0.2) is 0 Å². The van der Waals surface area contributed by atoms with Crippen molar-refractivity contribution in [3.63, 3.8) is 0 Å². The number of nitrogens with zero attached hydrogens (tertiary/aromatic N) is 4. The number of aromatic nitrogens is 3. The highest BCUT2D eigenvalue weighted by molar-refractivity contribution is 6.14. The maximum absolute atomic E-state index is 2.58. The number of hydrogen-bond donors (Lipinski definition) is 0. The SMILES string of the molecule is C1=CC2=C(CC1)c1c(N(c3ccc4c5ccccc5n(-c5ccccc5)c4c3)c3ccc4c5ccccc5n(-c5ccc6c7ccccc7n(-c7ccccc7)c6c5)c4c3)cccc1C21c2ccccc2-c2ccccc21. The molecular weight excluding hydrogens is 933 g/mol. The Bertz CT molecular complexity index is 4820. The number of anilines is 3. The van der Waals surface area contributed by atoms with Gasteiger partial charge in [-0.2, -0.15) is 0 Å². The second-order valence-electron chi connectivity index (χ2n) is 21.0. The van der Waals surface area contributed by atoms with Gasteiger partial charge in [0.05, 0.1) is 44.2 Å². The van der Waals surface area contributed by atoms with Gasteiger partial charge in [0.1, 0.15) is 0 Å². The van der Waals surface area contributed by atoms with Crippen LogP contribution in [0.4, 0.5) is 17.1 Å². The van der Waals surface area contributed by atoms with E-state index in [2.05, 4.69) is 286 Å². The third kappa shape index (κ3) is 5.76. The van der Waals surface area contributed by atoms with Gasteiger partial charge in [0.15, 0.2) is 0 Å². The van der Waals surface area contributed by atoms with Crippen molar-refractivity contribution in [2.75, 3.05) is 4.90 Å². The van der Waals surface area contributed by atoms with Gasteiger partial charge in [-0.3, -0.25) is 0 Å². The summed E-state index contributed by atoms with van der Waals surface area (Å²) in [6, 6.07) is 95.1. The first-order chi connectivity index (χ1) is 38.2. The highest BCUT2D eigenvalue weighted by atomic mass is 15.2. The number of allylic oxidation sites excluding steroid dienone is 4. The Kier molecular flexibility index (Phi) is 8.85. The molecule has 3 heterocycles. The van der Waals surface area contributed by atoms with E-state index in [0.29, 0.717) is 0 Å². The monoisotopic (exact) mass is 980 g/mol. The summed E-state index contributed by atoms with van der Waals surface area (Å²) in [4.78, 5) is 2.58. The largest absolute Gasteiger partial charge is 0.310 e. The first-order valence-corrected chi connectivity index (χ1v) is 27.0. The van der Waals surface area contributed by atoms with Gasteiger partial charge in [0.25, 0.3) is 0 Å².